The highest BCUT2D eigenvalue weighted by Gasteiger charge is 2.29. The number of carbonyl (C=O) groups excluding carboxylic acids is 1. The van der Waals surface area contributed by atoms with E-state index in [1.165, 1.54) is 6.08 Å². The van der Waals surface area contributed by atoms with Gasteiger partial charge in [0.2, 0.25) is 5.91 Å². The molecule has 1 unspecified atom stereocenters. The molecule has 2 fully saturated rings. The van der Waals surface area contributed by atoms with Gasteiger partial charge in [-0.25, -0.2) is 0 Å². The minimum absolute atomic E-state index is 0.0349. The molecule has 0 saturated carbocycles. The number of phenolic OH excluding ortho intramolecular Hbond substituents is 1. The normalized spacial score (nSPS) is 19.9. The number of benzene rings is 2. The van der Waals surface area contributed by atoms with Crippen LogP contribution in [0.5, 0.6) is 11.8 Å². The largest absolute Gasteiger partial charge is 0.508 e. The van der Waals surface area contributed by atoms with E-state index in [4.69, 9.17) is 14.7 Å². The van der Waals surface area contributed by atoms with Gasteiger partial charge in [0.05, 0.1) is 18.3 Å². The van der Waals surface area contributed by atoms with Crippen molar-refractivity contribution in [2.24, 2.45) is 0 Å². The lowest BCUT2D eigenvalue weighted by Gasteiger charge is -2.38. The molecule has 3 aliphatic rings. The molecule has 4 heterocycles. The first-order chi connectivity index (χ1) is 19.5. The maximum atomic E-state index is 12.2. The molecule has 3 aromatic rings. The van der Waals surface area contributed by atoms with Crippen LogP contribution in [0, 0.1) is 0 Å². The van der Waals surface area contributed by atoms with Crippen LogP contribution in [0.4, 0.5) is 11.5 Å². The van der Waals surface area contributed by atoms with Crippen molar-refractivity contribution in [2.45, 2.75) is 19.0 Å². The Hall–Kier alpha value is -3.89. The van der Waals surface area contributed by atoms with Gasteiger partial charge in [0.1, 0.15) is 18.2 Å². The number of hydrogen-bond donors (Lipinski definition) is 2. The highest BCUT2D eigenvalue weighted by Crippen LogP contribution is 2.36. The maximum absolute atomic E-state index is 12.2. The number of anilines is 2. The van der Waals surface area contributed by atoms with Crippen molar-refractivity contribution < 1.29 is 14.6 Å². The molecule has 0 bridgehead atoms. The molecule has 40 heavy (non-hydrogen) atoms. The van der Waals surface area contributed by atoms with Gasteiger partial charge in [-0.1, -0.05) is 30.8 Å². The predicted molar refractivity (Wildman–Crippen MR) is 156 cm³/mol. The van der Waals surface area contributed by atoms with Crippen molar-refractivity contribution >= 4 is 28.2 Å². The topological polar surface area (TPSA) is 97.3 Å². The third-order valence-corrected chi connectivity index (χ3v) is 8.13. The van der Waals surface area contributed by atoms with Crippen LogP contribution >= 0.6 is 0 Å². The Labute approximate surface area is 234 Å². The number of likely N-dealkylation sites (N-methyl/N-ethyl adjacent to an activating group) is 1. The van der Waals surface area contributed by atoms with Crippen molar-refractivity contribution in [1.82, 2.24) is 25.1 Å². The number of amides is 1. The zero-order chi connectivity index (χ0) is 27.6. The number of hydrogen-bond acceptors (Lipinski definition) is 9. The van der Waals surface area contributed by atoms with Crippen LogP contribution in [0.3, 0.4) is 0 Å². The summed E-state index contributed by atoms with van der Waals surface area (Å²) in [5, 5.41) is 16.1. The zero-order valence-electron chi connectivity index (χ0n) is 23.1. The Morgan fingerprint density at radius 2 is 1.95 bits per heavy atom. The van der Waals surface area contributed by atoms with Crippen LogP contribution in [-0.4, -0.2) is 103 Å². The Balaban J connectivity index is 1.30. The van der Waals surface area contributed by atoms with E-state index in [9.17, 15) is 9.90 Å². The zero-order valence-corrected chi connectivity index (χ0v) is 23.1. The number of phenols is 1. The average molecular weight is 544 g/mol. The van der Waals surface area contributed by atoms with Gasteiger partial charge in [0.25, 0.3) is 0 Å². The summed E-state index contributed by atoms with van der Waals surface area (Å²) in [5.74, 6) is 1.12. The van der Waals surface area contributed by atoms with Gasteiger partial charge in [-0.2, -0.15) is 9.97 Å². The Morgan fingerprint density at radius 3 is 2.75 bits per heavy atom. The SMILES string of the molecule is C=CC(=O)N1CCN(c2nc(OCC3CN(C)CCN3)nc3c2CCN(c2cc(O)cc4ccccc24)C3)CC1. The van der Waals surface area contributed by atoms with E-state index in [1.807, 2.05) is 29.2 Å². The summed E-state index contributed by atoms with van der Waals surface area (Å²) in [6.45, 7) is 11.0. The predicted octanol–water partition coefficient (Wildman–Crippen LogP) is 2.02. The molecule has 1 atom stereocenters. The number of nitrogens with one attached hydrogen (secondary N) is 1. The summed E-state index contributed by atoms with van der Waals surface area (Å²) in [6.07, 6.45) is 2.15. The van der Waals surface area contributed by atoms with Crippen molar-refractivity contribution in [3.8, 4) is 11.8 Å². The molecule has 10 nitrogen and oxygen atoms in total. The van der Waals surface area contributed by atoms with Crippen molar-refractivity contribution in [3.05, 3.63) is 60.3 Å². The van der Waals surface area contributed by atoms with Crippen LogP contribution < -0.4 is 19.9 Å². The highest BCUT2D eigenvalue weighted by molar-refractivity contribution is 5.95. The van der Waals surface area contributed by atoms with Gasteiger partial charge in [-0.3, -0.25) is 4.79 Å². The van der Waals surface area contributed by atoms with Gasteiger partial charge in [0.15, 0.2) is 0 Å². The first kappa shape index (κ1) is 26.3. The summed E-state index contributed by atoms with van der Waals surface area (Å²) in [4.78, 5) is 30.7. The molecule has 0 aliphatic carbocycles. The second-order valence-electron chi connectivity index (χ2n) is 10.9. The van der Waals surface area contributed by atoms with E-state index >= 15 is 0 Å². The second kappa shape index (κ2) is 11.3. The summed E-state index contributed by atoms with van der Waals surface area (Å²) < 4.78 is 6.22. The molecule has 0 spiro atoms. The third kappa shape index (κ3) is 5.41. The lowest BCUT2D eigenvalue weighted by molar-refractivity contribution is -0.126. The van der Waals surface area contributed by atoms with Gasteiger partial charge < -0.3 is 34.8 Å². The molecular formula is C30H37N7O3. The molecule has 0 radical (unpaired) electrons. The van der Waals surface area contributed by atoms with Crippen LogP contribution in [-0.2, 0) is 17.8 Å². The summed E-state index contributed by atoms with van der Waals surface area (Å²) in [7, 11) is 2.12. The monoisotopic (exact) mass is 543 g/mol. The number of fused-ring (bicyclic) bond motifs is 2. The number of aromatic nitrogens is 2. The highest BCUT2D eigenvalue weighted by atomic mass is 16.5. The maximum Gasteiger partial charge on any atom is 0.318 e. The van der Waals surface area contributed by atoms with Gasteiger partial charge >= 0.3 is 6.01 Å². The fourth-order valence-corrected chi connectivity index (χ4v) is 6.00. The number of nitrogens with zero attached hydrogens (tertiary/aromatic N) is 6. The molecule has 1 amide bonds. The smallest absolute Gasteiger partial charge is 0.318 e. The van der Waals surface area contributed by atoms with E-state index in [2.05, 4.69) is 39.7 Å². The Morgan fingerprint density at radius 1 is 1.12 bits per heavy atom. The minimum Gasteiger partial charge on any atom is -0.508 e. The molecule has 2 N–H and O–H groups in total. The lowest BCUT2D eigenvalue weighted by Crippen LogP contribution is -2.51. The fourth-order valence-electron chi connectivity index (χ4n) is 6.00. The van der Waals surface area contributed by atoms with Gasteiger partial charge in [-0.05, 0) is 31.0 Å². The Kier molecular flexibility index (Phi) is 7.44. The van der Waals surface area contributed by atoms with E-state index < -0.39 is 0 Å². The fraction of sp³-hybridized carbons (Fsp3) is 0.433. The van der Waals surface area contributed by atoms with Crippen LogP contribution in [0.15, 0.2) is 49.1 Å². The van der Waals surface area contributed by atoms with Gasteiger partial charge in [-0.15, -0.1) is 0 Å². The number of rotatable bonds is 6. The van der Waals surface area contributed by atoms with Crippen molar-refractivity contribution in [3.63, 3.8) is 0 Å². The van der Waals surface area contributed by atoms with Crippen LogP contribution in [0.2, 0.25) is 0 Å². The first-order valence-electron chi connectivity index (χ1n) is 14.1. The van der Waals surface area contributed by atoms with E-state index in [-0.39, 0.29) is 17.7 Å². The molecule has 1 aromatic heterocycles. The summed E-state index contributed by atoms with van der Waals surface area (Å²) in [6, 6.07) is 12.4. The van der Waals surface area contributed by atoms with Crippen molar-refractivity contribution in [1.29, 1.82) is 0 Å². The van der Waals surface area contributed by atoms with Crippen LogP contribution in [0.1, 0.15) is 11.3 Å². The summed E-state index contributed by atoms with van der Waals surface area (Å²) in [5.41, 5.74) is 3.07. The average Bonchev–Trinajstić information content (AvgIpc) is 2.98. The number of aromatic hydroxyl groups is 1. The number of ether oxygens (including phenoxy) is 1. The molecular weight excluding hydrogens is 506 g/mol. The molecule has 3 aliphatic heterocycles. The minimum atomic E-state index is -0.0349. The third-order valence-electron chi connectivity index (χ3n) is 8.13. The number of carbonyl (C=O) groups is 1. The van der Waals surface area contributed by atoms with E-state index in [1.54, 1.807) is 6.07 Å². The molecule has 2 aromatic carbocycles. The van der Waals surface area contributed by atoms with Gasteiger partial charge in [0, 0.05) is 75.1 Å². The number of piperazine rings is 2. The van der Waals surface area contributed by atoms with E-state index in [0.29, 0.717) is 45.3 Å². The quantitative estimate of drug-likeness (QED) is 0.453. The van der Waals surface area contributed by atoms with Crippen molar-refractivity contribution in [2.75, 3.05) is 75.8 Å². The van der Waals surface area contributed by atoms with Crippen LogP contribution in [0.25, 0.3) is 10.8 Å². The van der Waals surface area contributed by atoms with E-state index in [0.717, 1.165) is 66.1 Å². The standard InChI is InChI=1S/C30H37N7O3/c1-3-28(39)35-12-14-36(15-13-35)29-25-8-10-37(27-17-23(38)16-21-6-4-5-7-24(21)27)19-26(25)32-30(33-29)40-20-22-18-34(2)11-9-31-22/h3-7,16-17,22,31,38H,1,8-15,18-20H2,2H3. The second-order valence-corrected chi connectivity index (χ2v) is 10.9. The summed E-state index contributed by atoms with van der Waals surface area (Å²) >= 11 is 0. The molecule has 210 valence electrons. The first-order valence-corrected chi connectivity index (χ1v) is 14.1. The molecule has 10 heteroatoms. The molecule has 6 rings (SSSR count). The molecule has 2 saturated heterocycles. The Bertz CT molecular complexity index is 1410. The lowest BCUT2D eigenvalue weighted by atomic mass is 10.0.